The van der Waals surface area contributed by atoms with Crippen molar-refractivity contribution < 1.29 is 8.78 Å². The molecule has 6 nitrogen and oxygen atoms in total. The molecule has 1 saturated carbocycles. The Morgan fingerprint density at radius 2 is 1.88 bits per heavy atom. The van der Waals surface area contributed by atoms with Crippen molar-refractivity contribution in [3.63, 3.8) is 0 Å². The number of anilines is 1. The molecular formula is C24H25F2N5OS. The van der Waals surface area contributed by atoms with Crippen LogP contribution in [0.1, 0.15) is 51.0 Å². The predicted octanol–water partition coefficient (Wildman–Crippen LogP) is 5.74. The molecule has 172 valence electrons. The highest BCUT2D eigenvalue weighted by Gasteiger charge is 2.35. The van der Waals surface area contributed by atoms with Crippen molar-refractivity contribution in [1.82, 2.24) is 19.5 Å². The Morgan fingerprint density at radius 1 is 1.09 bits per heavy atom. The Hall–Kier alpha value is -2.81. The number of fused-ring (bicyclic) bond motifs is 2. The Bertz CT molecular complexity index is 1370. The van der Waals surface area contributed by atoms with E-state index in [2.05, 4.69) is 37.7 Å². The maximum absolute atomic E-state index is 13.7. The summed E-state index contributed by atoms with van der Waals surface area (Å²) in [7, 11) is 0. The van der Waals surface area contributed by atoms with E-state index in [1.54, 1.807) is 0 Å². The summed E-state index contributed by atoms with van der Waals surface area (Å²) in [4.78, 5) is 27.3. The number of imidazole rings is 1. The SMILES string of the molecule is O=c1[nH]cnc2c(-c3ccc4c(c3)ncn4C3CCCCC3)sc(N3CCC(F)(F)CC3)c12. The monoisotopic (exact) mass is 469 g/mol. The van der Waals surface area contributed by atoms with Gasteiger partial charge in [-0.2, -0.15) is 0 Å². The number of hydrogen-bond donors (Lipinski definition) is 1. The summed E-state index contributed by atoms with van der Waals surface area (Å²) in [5, 5.41) is 1.20. The van der Waals surface area contributed by atoms with Crippen LogP contribution in [0.2, 0.25) is 0 Å². The fraction of sp³-hybridized carbons (Fsp3) is 0.458. The van der Waals surface area contributed by atoms with Crippen molar-refractivity contribution in [2.45, 2.75) is 56.9 Å². The van der Waals surface area contributed by atoms with E-state index in [0.717, 1.165) is 26.5 Å². The lowest BCUT2D eigenvalue weighted by Gasteiger charge is -2.32. The summed E-state index contributed by atoms with van der Waals surface area (Å²) in [5.41, 5.74) is 3.36. The first-order chi connectivity index (χ1) is 16.0. The number of rotatable bonds is 3. The van der Waals surface area contributed by atoms with Crippen LogP contribution in [0.15, 0.2) is 35.6 Å². The van der Waals surface area contributed by atoms with Crippen molar-refractivity contribution in [2.24, 2.45) is 0 Å². The van der Waals surface area contributed by atoms with Crippen LogP contribution in [-0.2, 0) is 0 Å². The molecule has 0 radical (unpaired) electrons. The van der Waals surface area contributed by atoms with E-state index < -0.39 is 5.92 Å². The van der Waals surface area contributed by atoms with Crippen LogP contribution >= 0.6 is 11.3 Å². The second kappa shape index (κ2) is 7.90. The molecule has 1 aliphatic carbocycles. The van der Waals surface area contributed by atoms with E-state index in [4.69, 9.17) is 0 Å². The van der Waals surface area contributed by atoms with Gasteiger partial charge < -0.3 is 14.5 Å². The molecule has 6 rings (SSSR count). The maximum atomic E-state index is 13.7. The Kier molecular flexibility index (Phi) is 4.97. The van der Waals surface area contributed by atoms with Gasteiger partial charge in [-0.3, -0.25) is 4.79 Å². The highest BCUT2D eigenvalue weighted by molar-refractivity contribution is 7.21. The minimum atomic E-state index is -2.64. The van der Waals surface area contributed by atoms with Crippen LogP contribution in [0.5, 0.6) is 0 Å². The number of aromatic nitrogens is 4. The van der Waals surface area contributed by atoms with Crippen molar-refractivity contribution in [3.8, 4) is 10.4 Å². The third kappa shape index (κ3) is 3.62. The van der Waals surface area contributed by atoms with Crippen LogP contribution in [0.4, 0.5) is 13.8 Å². The summed E-state index contributed by atoms with van der Waals surface area (Å²) in [6.45, 7) is 0.447. The van der Waals surface area contributed by atoms with E-state index in [9.17, 15) is 13.6 Å². The number of nitrogens with one attached hydrogen (secondary N) is 1. The first-order valence-corrected chi connectivity index (χ1v) is 12.4. The highest BCUT2D eigenvalue weighted by Crippen LogP contribution is 2.44. The molecule has 3 aromatic heterocycles. The van der Waals surface area contributed by atoms with E-state index in [-0.39, 0.29) is 31.5 Å². The summed E-state index contributed by atoms with van der Waals surface area (Å²) >= 11 is 1.45. The van der Waals surface area contributed by atoms with Gasteiger partial charge in [0.1, 0.15) is 10.4 Å². The first kappa shape index (κ1) is 20.8. The first-order valence-electron chi connectivity index (χ1n) is 11.6. The molecule has 1 saturated heterocycles. The number of thiophene rings is 1. The van der Waals surface area contributed by atoms with Gasteiger partial charge in [-0.05, 0) is 30.5 Å². The molecular weight excluding hydrogens is 444 g/mol. The fourth-order valence-electron chi connectivity index (χ4n) is 5.24. The molecule has 2 fully saturated rings. The highest BCUT2D eigenvalue weighted by atomic mass is 32.1. The van der Waals surface area contributed by atoms with Crippen molar-refractivity contribution in [3.05, 3.63) is 41.2 Å². The quantitative estimate of drug-likeness (QED) is 0.415. The molecule has 1 aromatic carbocycles. The Balaban J connectivity index is 1.42. The molecule has 0 bridgehead atoms. The zero-order chi connectivity index (χ0) is 22.6. The van der Waals surface area contributed by atoms with Gasteiger partial charge in [0.2, 0.25) is 0 Å². The number of halogens is 2. The van der Waals surface area contributed by atoms with E-state index in [0.29, 0.717) is 16.9 Å². The number of nitrogens with zero attached hydrogens (tertiary/aromatic N) is 4. The van der Waals surface area contributed by atoms with Gasteiger partial charge in [0.15, 0.2) is 0 Å². The second-order valence-corrected chi connectivity index (χ2v) is 10.2. The van der Waals surface area contributed by atoms with E-state index in [1.165, 1.54) is 49.8 Å². The van der Waals surface area contributed by atoms with Gasteiger partial charge >= 0.3 is 0 Å². The minimum absolute atomic E-state index is 0.204. The smallest absolute Gasteiger partial charge is 0.261 e. The fourth-order valence-corrected chi connectivity index (χ4v) is 6.54. The molecule has 0 spiro atoms. The van der Waals surface area contributed by atoms with Crippen molar-refractivity contribution in [1.29, 1.82) is 0 Å². The average molecular weight is 470 g/mol. The van der Waals surface area contributed by atoms with Crippen LogP contribution in [0.25, 0.3) is 32.4 Å². The van der Waals surface area contributed by atoms with E-state index >= 15 is 0 Å². The van der Waals surface area contributed by atoms with Gasteiger partial charge in [0, 0.05) is 32.0 Å². The van der Waals surface area contributed by atoms with Crippen LogP contribution < -0.4 is 10.5 Å². The molecule has 0 unspecified atom stereocenters. The molecule has 0 atom stereocenters. The summed E-state index contributed by atoms with van der Waals surface area (Å²) in [6, 6.07) is 6.72. The van der Waals surface area contributed by atoms with Gasteiger partial charge in [0.25, 0.3) is 11.5 Å². The Morgan fingerprint density at radius 3 is 2.67 bits per heavy atom. The molecule has 2 aliphatic rings. The van der Waals surface area contributed by atoms with Gasteiger partial charge in [-0.15, -0.1) is 11.3 Å². The van der Waals surface area contributed by atoms with Gasteiger partial charge in [-0.1, -0.05) is 25.3 Å². The number of aromatic amines is 1. The van der Waals surface area contributed by atoms with Crippen molar-refractivity contribution >= 4 is 38.3 Å². The molecule has 1 aliphatic heterocycles. The lowest BCUT2D eigenvalue weighted by atomic mass is 9.95. The normalized spacial score (nSPS) is 19.5. The molecule has 33 heavy (non-hydrogen) atoms. The zero-order valence-electron chi connectivity index (χ0n) is 18.2. The largest absolute Gasteiger partial charge is 0.362 e. The second-order valence-electron chi connectivity index (χ2n) is 9.18. The number of benzene rings is 1. The molecule has 1 N–H and O–H groups in total. The summed E-state index contributed by atoms with van der Waals surface area (Å²) < 4.78 is 29.8. The maximum Gasteiger partial charge on any atom is 0.261 e. The third-order valence-electron chi connectivity index (χ3n) is 7.07. The number of hydrogen-bond acceptors (Lipinski definition) is 5. The predicted molar refractivity (Wildman–Crippen MR) is 127 cm³/mol. The standard InChI is InChI=1S/C24H25F2N5OS/c25-24(26)8-10-30(11-9-24)23-19-20(27-13-28-22(19)32)21(33-23)15-6-7-18-17(12-15)29-14-31(18)16-4-2-1-3-5-16/h6-7,12-14,16H,1-5,8-11H2,(H,27,28,32). The molecule has 4 aromatic rings. The van der Waals surface area contributed by atoms with Crippen LogP contribution in [0.3, 0.4) is 0 Å². The van der Waals surface area contributed by atoms with Gasteiger partial charge in [-0.25, -0.2) is 18.7 Å². The average Bonchev–Trinajstić information content (AvgIpc) is 3.42. The zero-order valence-corrected chi connectivity index (χ0v) is 19.0. The number of alkyl halides is 2. The van der Waals surface area contributed by atoms with Gasteiger partial charge in [0.05, 0.1) is 34.1 Å². The topological polar surface area (TPSA) is 66.8 Å². The lowest BCUT2D eigenvalue weighted by Crippen LogP contribution is -2.39. The third-order valence-corrected chi connectivity index (χ3v) is 8.36. The Labute approximate surface area is 193 Å². The minimum Gasteiger partial charge on any atom is -0.362 e. The summed E-state index contributed by atoms with van der Waals surface area (Å²) in [6.07, 6.45) is 9.15. The molecule has 0 amide bonds. The molecule has 9 heteroatoms. The number of H-pyrrole nitrogens is 1. The number of piperidine rings is 1. The summed E-state index contributed by atoms with van der Waals surface area (Å²) in [5.74, 6) is -2.64. The van der Waals surface area contributed by atoms with Crippen LogP contribution in [-0.4, -0.2) is 38.5 Å². The van der Waals surface area contributed by atoms with Crippen LogP contribution in [0, 0.1) is 0 Å². The van der Waals surface area contributed by atoms with E-state index in [1.807, 2.05) is 11.2 Å². The van der Waals surface area contributed by atoms with Crippen molar-refractivity contribution in [2.75, 3.05) is 18.0 Å². The molecule has 4 heterocycles. The lowest BCUT2D eigenvalue weighted by molar-refractivity contribution is -0.0219.